The average Bonchev–Trinajstić information content (AvgIpc) is 2.52. The van der Waals surface area contributed by atoms with Crippen LogP contribution in [0.5, 0.6) is 0 Å². The van der Waals surface area contributed by atoms with E-state index in [-0.39, 0.29) is 0 Å². The molecule has 2 rings (SSSR count). The molecule has 1 nitrogen and oxygen atoms in total. The summed E-state index contributed by atoms with van der Waals surface area (Å²) >= 11 is 0. The van der Waals surface area contributed by atoms with Crippen LogP contribution in [0.3, 0.4) is 0 Å². The Morgan fingerprint density at radius 3 is 2.20 bits per heavy atom. The maximum absolute atomic E-state index is 3.59. The van der Waals surface area contributed by atoms with E-state index in [2.05, 4.69) is 73.8 Å². The zero-order valence-corrected chi connectivity index (χ0v) is 12.6. The van der Waals surface area contributed by atoms with Gasteiger partial charge in [0.2, 0.25) is 0 Å². The van der Waals surface area contributed by atoms with Crippen molar-refractivity contribution in [1.29, 1.82) is 0 Å². The van der Waals surface area contributed by atoms with Gasteiger partial charge in [0.1, 0.15) is 0 Å². The summed E-state index contributed by atoms with van der Waals surface area (Å²) < 4.78 is 0. The first-order valence-corrected chi connectivity index (χ1v) is 7.67. The van der Waals surface area contributed by atoms with E-state index in [4.69, 9.17) is 0 Å². The number of benzene rings is 2. The van der Waals surface area contributed by atoms with Crippen LogP contribution in [0.15, 0.2) is 54.6 Å². The maximum atomic E-state index is 3.59. The summed E-state index contributed by atoms with van der Waals surface area (Å²) in [7, 11) is 0. The topological polar surface area (TPSA) is 12.0 Å². The van der Waals surface area contributed by atoms with E-state index in [0.29, 0.717) is 6.04 Å². The zero-order chi connectivity index (χ0) is 14.2. The Morgan fingerprint density at radius 1 is 0.900 bits per heavy atom. The second-order valence-electron chi connectivity index (χ2n) is 5.49. The predicted octanol–water partition coefficient (Wildman–Crippen LogP) is 5.02. The smallest absolute Gasteiger partial charge is 0.0207 e. The first kappa shape index (κ1) is 14.8. The van der Waals surface area contributed by atoms with Crippen LogP contribution < -0.4 is 5.32 Å². The summed E-state index contributed by atoms with van der Waals surface area (Å²) in [6, 6.07) is 20.0. The van der Waals surface area contributed by atoms with Crippen molar-refractivity contribution in [2.75, 3.05) is 0 Å². The van der Waals surface area contributed by atoms with Gasteiger partial charge in [0, 0.05) is 12.6 Å². The largest absolute Gasteiger partial charge is 0.310 e. The van der Waals surface area contributed by atoms with E-state index in [1.54, 1.807) is 0 Å². The van der Waals surface area contributed by atoms with Crippen LogP contribution in [0.2, 0.25) is 0 Å². The van der Waals surface area contributed by atoms with Crippen LogP contribution in [-0.2, 0) is 6.54 Å². The fraction of sp³-hybridized carbons (Fsp3) is 0.368. The second-order valence-corrected chi connectivity index (χ2v) is 5.49. The van der Waals surface area contributed by atoms with Gasteiger partial charge in [-0.2, -0.15) is 0 Å². The molecule has 1 atom stereocenters. The highest BCUT2D eigenvalue weighted by Crippen LogP contribution is 2.19. The fourth-order valence-electron chi connectivity index (χ4n) is 2.35. The van der Waals surface area contributed by atoms with Gasteiger partial charge in [0.25, 0.3) is 0 Å². The number of hydrogen-bond acceptors (Lipinski definition) is 1. The quantitative estimate of drug-likeness (QED) is 0.742. The Labute approximate surface area is 123 Å². The summed E-state index contributed by atoms with van der Waals surface area (Å²) in [6.07, 6.45) is 3.84. The van der Waals surface area contributed by atoms with E-state index >= 15 is 0 Å². The van der Waals surface area contributed by atoms with Gasteiger partial charge < -0.3 is 5.32 Å². The lowest BCUT2D eigenvalue weighted by Gasteiger charge is -2.13. The zero-order valence-electron chi connectivity index (χ0n) is 12.6. The molecule has 0 aromatic heterocycles. The van der Waals surface area contributed by atoms with Crippen LogP contribution in [0.25, 0.3) is 11.1 Å². The molecule has 2 aromatic rings. The van der Waals surface area contributed by atoms with E-state index in [1.807, 2.05) is 0 Å². The fourth-order valence-corrected chi connectivity index (χ4v) is 2.35. The third-order valence-corrected chi connectivity index (χ3v) is 3.71. The van der Waals surface area contributed by atoms with Crippen molar-refractivity contribution in [2.45, 2.75) is 45.7 Å². The average molecular weight is 267 g/mol. The van der Waals surface area contributed by atoms with Crippen molar-refractivity contribution < 1.29 is 0 Å². The van der Waals surface area contributed by atoms with Gasteiger partial charge in [-0.15, -0.1) is 0 Å². The van der Waals surface area contributed by atoms with Gasteiger partial charge in [-0.3, -0.25) is 0 Å². The van der Waals surface area contributed by atoms with Crippen LogP contribution in [0.1, 0.15) is 38.7 Å². The van der Waals surface area contributed by atoms with Crippen LogP contribution >= 0.6 is 0 Å². The number of nitrogens with one attached hydrogen (secondary N) is 1. The molecule has 2 aromatic carbocycles. The SMILES string of the molecule is CCCCC(C)NCc1ccc(-c2ccccc2)cc1. The van der Waals surface area contributed by atoms with E-state index < -0.39 is 0 Å². The molecule has 0 fully saturated rings. The molecule has 0 aliphatic carbocycles. The molecule has 1 heteroatoms. The molecule has 1 N–H and O–H groups in total. The third-order valence-electron chi connectivity index (χ3n) is 3.71. The summed E-state index contributed by atoms with van der Waals surface area (Å²) in [4.78, 5) is 0. The van der Waals surface area contributed by atoms with Crippen molar-refractivity contribution in [3.8, 4) is 11.1 Å². The van der Waals surface area contributed by atoms with Crippen molar-refractivity contribution in [1.82, 2.24) is 5.32 Å². The van der Waals surface area contributed by atoms with Gasteiger partial charge in [0.15, 0.2) is 0 Å². The van der Waals surface area contributed by atoms with Crippen molar-refractivity contribution >= 4 is 0 Å². The molecule has 0 bridgehead atoms. The predicted molar refractivity (Wildman–Crippen MR) is 87.7 cm³/mol. The highest BCUT2D eigenvalue weighted by Gasteiger charge is 2.01. The lowest BCUT2D eigenvalue weighted by atomic mass is 10.0. The van der Waals surface area contributed by atoms with Crippen molar-refractivity contribution in [3.05, 3.63) is 60.2 Å². The molecule has 1 unspecified atom stereocenters. The normalized spacial score (nSPS) is 12.3. The summed E-state index contributed by atoms with van der Waals surface area (Å²) in [5, 5.41) is 3.59. The number of rotatable bonds is 7. The van der Waals surface area contributed by atoms with E-state index in [1.165, 1.54) is 36.0 Å². The second kappa shape index (κ2) is 7.86. The first-order chi connectivity index (χ1) is 9.79. The highest BCUT2D eigenvalue weighted by atomic mass is 14.9. The third kappa shape index (κ3) is 4.50. The highest BCUT2D eigenvalue weighted by molar-refractivity contribution is 5.63. The van der Waals surface area contributed by atoms with Gasteiger partial charge in [-0.05, 0) is 30.0 Å². The lowest BCUT2D eigenvalue weighted by Crippen LogP contribution is -2.25. The van der Waals surface area contributed by atoms with Crippen molar-refractivity contribution in [3.63, 3.8) is 0 Å². The van der Waals surface area contributed by atoms with Crippen molar-refractivity contribution in [2.24, 2.45) is 0 Å². The lowest BCUT2D eigenvalue weighted by molar-refractivity contribution is 0.495. The molecular weight excluding hydrogens is 242 g/mol. The maximum Gasteiger partial charge on any atom is 0.0207 e. The Bertz CT molecular complexity index is 487. The molecule has 0 saturated carbocycles. The Morgan fingerprint density at radius 2 is 1.55 bits per heavy atom. The minimum atomic E-state index is 0.601. The summed E-state index contributed by atoms with van der Waals surface area (Å²) in [5.41, 5.74) is 3.92. The van der Waals surface area contributed by atoms with Crippen LogP contribution in [0, 0.1) is 0 Å². The minimum Gasteiger partial charge on any atom is -0.310 e. The number of hydrogen-bond donors (Lipinski definition) is 1. The minimum absolute atomic E-state index is 0.601. The molecule has 20 heavy (non-hydrogen) atoms. The van der Waals surface area contributed by atoms with Crippen LogP contribution in [-0.4, -0.2) is 6.04 Å². The summed E-state index contributed by atoms with van der Waals surface area (Å²) in [6.45, 7) is 5.48. The molecule has 0 aliphatic heterocycles. The molecular formula is C19H25N. The van der Waals surface area contributed by atoms with Crippen LogP contribution in [0.4, 0.5) is 0 Å². The molecule has 0 heterocycles. The van der Waals surface area contributed by atoms with Gasteiger partial charge in [-0.1, -0.05) is 74.4 Å². The van der Waals surface area contributed by atoms with E-state index in [9.17, 15) is 0 Å². The molecule has 0 spiro atoms. The molecule has 106 valence electrons. The Hall–Kier alpha value is -1.60. The van der Waals surface area contributed by atoms with E-state index in [0.717, 1.165) is 6.54 Å². The Kier molecular flexibility index (Phi) is 5.82. The molecule has 0 amide bonds. The van der Waals surface area contributed by atoms with Gasteiger partial charge in [0.05, 0.1) is 0 Å². The summed E-state index contributed by atoms with van der Waals surface area (Å²) in [5.74, 6) is 0. The first-order valence-electron chi connectivity index (χ1n) is 7.67. The monoisotopic (exact) mass is 267 g/mol. The molecule has 0 saturated heterocycles. The number of unbranched alkanes of at least 4 members (excludes halogenated alkanes) is 1. The molecule has 0 aliphatic rings. The van der Waals surface area contributed by atoms with Gasteiger partial charge >= 0.3 is 0 Å². The standard InChI is InChI=1S/C19H25N/c1-3-4-8-16(2)20-15-17-11-13-19(14-12-17)18-9-6-5-7-10-18/h5-7,9-14,16,20H,3-4,8,15H2,1-2H3. The van der Waals surface area contributed by atoms with Gasteiger partial charge in [-0.25, -0.2) is 0 Å². The molecule has 0 radical (unpaired) electrons. The Balaban J connectivity index is 1.89.